The highest BCUT2D eigenvalue weighted by molar-refractivity contribution is 6.14. The van der Waals surface area contributed by atoms with Crippen LogP contribution >= 0.6 is 0 Å². The molecule has 6 nitrogen and oxygen atoms in total. The van der Waals surface area contributed by atoms with Crippen LogP contribution in [0, 0.1) is 13.8 Å². The number of allylic oxidation sites excluding steroid dienone is 1. The number of fused-ring (bicyclic) bond motifs is 1. The number of hydrogen-bond donors (Lipinski definition) is 1. The number of carbonyl (C=O) groups excluding carboxylic acids is 1. The maximum atomic E-state index is 12.6. The lowest BCUT2D eigenvalue weighted by Gasteiger charge is -2.11. The monoisotopic (exact) mass is 382 g/mol. The number of ether oxygens (including phenoxy) is 3. The summed E-state index contributed by atoms with van der Waals surface area (Å²) in [5.74, 6) is 0.708. The molecule has 6 heteroatoms. The van der Waals surface area contributed by atoms with E-state index in [0.717, 1.165) is 23.1 Å². The van der Waals surface area contributed by atoms with Gasteiger partial charge in [-0.1, -0.05) is 6.92 Å². The summed E-state index contributed by atoms with van der Waals surface area (Å²) < 4.78 is 16.7. The van der Waals surface area contributed by atoms with E-state index in [4.69, 9.17) is 19.3 Å². The highest BCUT2D eigenvalue weighted by atomic mass is 16.5. The molecule has 1 N–H and O–H groups in total. The van der Waals surface area contributed by atoms with Crippen molar-refractivity contribution >= 4 is 17.8 Å². The van der Waals surface area contributed by atoms with Gasteiger partial charge in [-0.3, -0.25) is 4.79 Å². The average molecular weight is 382 g/mol. The first-order chi connectivity index (χ1) is 13.4. The first-order valence-corrected chi connectivity index (χ1v) is 9.06. The van der Waals surface area contributed by atoms with Gasteiger partial charge in [0.25, 0.3) is 0 Å². The molecule has 1 heterocycles. The topological polar surface area (TPSA) is 82.1 Å². The largest absolute Gasteiger partial charge is 0.493 e. The van der Waals surface area contributed by atoms with Gasteiger partial charge in [0.1, 0.15) is 17.2 Å². The Hall–Kier alpha value is -3.28. The summed E-state index contributed by atoms with van der Waals surface area (Å²) in [5.41, 5.74) is 2.85. The lowest BCUT2D eigenvalue weighted by Crippen LogP contribution is -2.11. The van der Waals surface area contributed by atoms with Gasteiger partial charge in [-0.15, -0.1) is 0 Å². The average Bonchev–Trinajstić information content (AvgIpc) is 2.94. The Morgan fingerprint density at radius 2 is 1.86 bits per heavy atom. The van der Waals surface area contributed by atoms with Crippen LogP contribution in [0.4, 0.5) is 0 Å². The van der Waals surface area contributed by atoms with E-state index in [2.05, 4.69) is 0 Å². The second-order valence-electron chi connectivity index (χ2n) is 6.61. The minimum Gasteiger partial charge on any atom is -0.493 e. The van der Waals surface area contributed by atoms with E-state index in [9.17, 15) is 9.59 Å². The van der Waals surface area contributed by atoms with Crippen LogP contribution in [0.15, 0.2) is 36.1 Å². The van der Waals surface area contributed by atoms with Gasteiger partial charge < -0.3 is 19.3 Å². The summed E-state index contributed by atoms with van der Waals surface area (Å²) >= 11 is 0. The van der Waals surface area contributed by atoms with Crippen LogP contribution in [0.2, 0.25) is 0 Å². The normalized spacial score (nSPS) is 14.0. The molecule has 0 radical (unpaired) electrons. The minimum absolute atomic E-state index is 0.182. The number of ketones is 1. The Kier molecular flexibility index (Phi) is 5.68. The first kappa shape index (κ1) is 19.5. The second-order valence-corrected chi connectivity index (χ2v) is 6.61. The summed E-state index contributed by atoms with van der Waals surface area (Å²) in [6.07, 6.45) is 2.57. The van der Waals surface area contributed by atoms with Crippen molar-refractivity contribution in [2.75, 3.05) is 13.2 Å². The zero-order valence-electron chi connectivity index (χ0n) is 16.1. The molecule has 0 bridgehead atoms. The van der Waals surface area contributed by atoms with Gasteiger partial charge in [0, 0.05) is 6.07 Å². The van der Waals surface area contributed by atoms with Crippen molar-refractivity contribution in [3.8, 4) is 17.2 Å². The van der Waals surface area contributed by atoms with E-state index < -0.39 is 12.6 Å². The third-order valence-electron chi connectivity index (χ3n) is 4.23. The molecule has 0 amide bonds. The number of Topliss-reactive ketones (excluding diaryl/α,β-unsaturated/α-hetero) is 1. The molecule has 0 aliphatic carbocycles. The second kappa shape index (κ2) is 8.17. The molecule has 0 saturated carbocycles. The summed E-state index contributed by atoms with van der Waals surface area (Å²) in [4.78, 5) is 23.3. The van der Waals surface area contributed by atoms with Gasteiger partial charge in [0.2, 0.25) is 5.78 Å². The van der Waals surface area contributed by atoms with Crippen LogP contribution in [0.5, 0.6) is 17.2 Å². The third kappa shape index (κ3) is 4.17. The first-order valence-electron chi connectivity index (χ1n) is 9.06. The van der Waals surface area contributed by atoms with Crippen molar-refractivity contribution in [1.82, 2.24) is 0 Å². The van der Waals surface area contributed by atoms with Gasteiger partial charge in [0.05, 0.1) is 12.2 Å². The molecule has 0 aromatic heterocycles. The van der Waals surface area contributed by atoms with Crippen molar-refractivity contribution < 1.29 is 28.9 Å². The van der Waals surface area contributed by atoms with Crippen molar-refractivity contribution in [2.24, 2.45) is 0 Å². The molecule has 2 aromatic rings. The molecule has 2 aromatic carbocycles. The van der Waals surface area contributed by atoms with Gasteiger partial charge in [0.15, 0.2) is 12.4 Å². The van der Waals surface area contributed by atoms with Crippen LogP contribution in [-0.4, -0.2) is 30.1 Å². The van der Waals surface area contributed by atoms with Crippen LogP contribution in [0.3, 0.4) is 0 Å². The highest BCUT2D eigenvalue weighted by Gasteiger charge is 2.27. The summed E-state index contributed by atoms with van der Waals surface area (Å²) in [6, 6.07) is 8.85. The van der Waals surface area contributed by atoms with E-state index in [1.54, 1.807) is 24.3 Å². The lowest BCUT2D eigenvalue weighted by molar-refractivity contribution is -0.139. The predicted octanol–water partition coefficient (Wildman–Crippen LogP) is 4.17. The summed E-state index contributed by atoms with van der Waals surface area (Å²) in [6.45, 7) is 5.88. The van der Waals surface area contributed by atoms with Crippen molar-refractivity contribution in [3.05, 3.63) is 58.3 Å². The molecule has 0 spiro atoms. The quantitative estimate of drug-likeness (QED) is 0.724. The summed E-state index contributed by atoms with van der Waals surface area (Å²) in [5, 5.41) is 8.79. The lowest BCUT2D eigenvalue weighted by atomic mass is 10.0. The van der Waals surface area contributed by atoms with Gasteiger partial charge in [-0.05, 0) is 67.3 Å². The van der Waals surface area contributed by atoms with Crippen molar-refractivity contribution in [3.63, 3.8) is 0 Å². The predicted molar refractivity (Wildman–Crippen MR) is 104 cm³/mol. The summed E-state index contributed by atoms with van der Waals surface area (Å²) in [7, 11) is 0. The Labute approximate surface area is 163 Å². The number of carboxylic acids is 1. The van der Waals surface area contributed by atoms with Gasteiger partial charge in [-0.25, -0.2) is 4.79 Å². The molecule has 1 aliphatic heterocycles. The smallest absolute Gasteiger partial charge is 0.341 e. The maximum absolute atomic E-state index is 12.6. The molecule has 0 fully saturated rings. The fourth-order valence-electron chi connectivity index (χ4n) is 3.06. The molecule has 1 aliphatic rings. The fraction of sp³-hybridized carbons (Fsp3) is 0.273. The zero-order chi connectivity index (χ0) is 20.3. The number of aryl methyl sites for hydroxylation is 2. The van der Waals surface area contributed by atoms with Gasteiger partial charge >= 0.3 is 5.97 Å². The Morgan fingerprint density at radius 3 is 2.50 bits per heavy atom. The van der Waals surface area contributed by atoms with Gasteiger partial charge in [-0.2, -0.15) is 0 Å². The molecule has 146 valence electrons. The van der Waals surface area contributed by atoms with Crippen LogP contribution < -0.4 is 14.2 Å². The minimum atomic E-state index is -1.03. The standard InChI is InChI=1S/C22H22O6/c1-4-7-26-16-5-6-17-18(11-16)28-19(21(17)25)10-15-8-13(2)22(14(3)9-15)27-12-20(23)24/h5-6,8-11H,4,7,12H2,1-3H3,(H,23,24)/b19-10-. The number of aliphatic carboxylic acids is 1. The van der Waals surface area contributed by atoms with E-state index in [-0.39, 0.29) is 11.5 Å². The molecule has 3 rings (SSSR count). The fourth-order valence-corrected chi connectivity index (χ4v) is 3.06. The number of carboxylic acid groups (broad SMARTS) is 1. The molecule has 0 saturated heterocycles. The van der Waals surface area contributed by atoms with Crippen LogP contribution in [-0.2, 0) is 4.79 Å². The molecular weight excluding hydrogens is 360 g/mol. The van der Waals surface area contributed by atoms with Crippen molar-refractivity contribution in [2.45, 2.75) is 27.2 Å². The third-order valence-corrected chi connectivity index (χ3v) is 4.23. The highest BCUT2D eigenvalue weighted by Crippen LogP contribution is 2.35. The van der Waals surface area contributed by atoms with E-state index >= 15 is 0 Å². The molecule has 28 heavy (non-hydrogen) atoms. The number of benzene rings is 2. The number of rotatable bonds is 7. The van der Waals surface area contributed by atoms with E-state index in [0.29, 0.717) is 29.4 Å². The van der Waals surface area contributed by atoms with E-state index in [1.165, 1.54) is 0 Å². The molecule has 0 atom stereocenters. The van der Waals surface area contributed by atoms with Crippen molar-refractivity contribution in [1.29, 1.82) is 0 Å². The molecular formula is C22H22O6. The Balaban J connectivity index is 1.83. The Morgan fingerprint density at radius 1 is 1.14 bits per heavy atom. The number of carbonyl (C=O) groups is 2. The number of hydrogen-bond acceptors (Lipinski definition) is 5. The van der Waals surface area contributed by atoms with Crippen LogP contribution in [0.25, 0.3) is 6.08 Å². The van der Waals surface area contributed by atoms with Crippen LogP contribution in [0.1, 0.15) is 40.4 Å². The van der Waals surface area contributed by atoms with E-state index in [1.807, 2.05) is 32.9 Å². The zero-order valence-corrected chi connectivity index (χ0v) is 16.1. The SMILES string of the molecule is CCCOc1ccc2c(c1)O/C(=C\c1cc(C)c(OCC(=O)O)c(C)c1)C2=O. The Bertz CT molecular complexity index is 934. The molecule has 0 unspecified atom stereocenters. The maximum Gasteiger partial charge on any atom is 0.341 e.